The van der Waals surface area contributed by atoms with Gasteiger partial charge in [-0.25, -0.2) is 15.0 Å². The fraction of sp³-hybridized carbons (Fsp3) is 0.231. The van der Waals surface area contributed by atoms with Crippen LogP contribution in [-0.4, -0.2) is 36.3 Å². The van der Waals surface area contributed by atoms with Gasteiger partial charge in [-0.2, -0.15) is 5.10 Å². The molecule has 3 aromatic rings. The molecule has 0 unspecified atom stereocenters. The van der Waals surface area contributed by atoms with Crippen LogP contribution in [0.25, 0.3) is 22.8 Å². The van der Waals surface area contributed by atoms with E-state index < -0.39 is 0 Å². The zero-order valence-electron chi connectivity index (χ0n) is 11.6. The maximum absolute atomic E-state index is 4.60. The van der Waals surface area contributed by atoms with Crippen molar-refractivity contribution < 1.29 is 0 Å². The summed E-state index contributed by atoms with van der Waals surface area (Å²) >= 11 is 0. The summed E-state index contributed by atoms with van der Waals surface area (Å²) in [5.41, 5.74) is 2.65. The summed E-state index contributed by atoms with van der Waals surface area (Å²) in [4.78, 5) is 13.2. The molecule has 0 aliphatic rings. The number of rotatable bonds is 3. The third kappa shape index (κ3) is 2.13. The van der Waals surface area contributed by atoms with Crippen LogP contribution >= 0.6 is 0 Å². The van der Waals surface area contributed by atoms with E-state index in [9.17, 15) is 0 Å². The van der Waals surface area contributed by atoms with Gasteiger partial charge in [-0.1, -0.05) is 0 Å². The maximum Gasteiger partial charge on any atom is 0.180 e. The van der Waals surface area contributed by atoms with Gasteiger partial charge in [-0.05, 0) is 0 Å². The van der Waals surface area contributed by atoms with E-state index in [2.05, 4.69) is 25.4 Å². The van der Waals surface area contributed by atoms with E-state index >= 15 is 0 Å². The van der Waals surface area contributed by atoms with Crippen LogP contribution in [-0.2, 0) is 14.1 Å². The highest BCUT2D eigenvalue weighted by Gasteiger charge is 2.11. The number of aromatic nitrogens is 6. The lowest BCUT2D eigenvalue weighted by atomic mass is 10.2. The molecule has 102 valence electrons. The average Bonchev–Trinajstić information content (AvgIpc) is 3.07. The first-order valence-corrected chi connectivity index (χ1v) is 6.20. The molecule has 0 saturated heterocycles. The monoisotopic (exact) mass is 269 g/mol. The Labute approximate surface area is 116 Å². The quantitative estimate of drug-likeness (QED) is 0.776. The highest BCUT2D eigenvalue weighted by atomic mass is 15.2. The Morgan fingerprint density at radius 1 is 1.15 bits per heavy atom. The minimum atomic E-state index is 0.635. The van der Waals surface area contributed by atoms with Crippen molar-refractivity contribution in [2.75, 3.05) is 12.4 Å². The third-order valence-electron chi connectivity index (χ3n) is 3.03. The molecule has 7 heteroatoms. The second-order valence-electron chi connectivity index (χ2n) is 4.50. The lowest BCUT2D eigenvalue weighted by Crippen LogP contribution is -2.01. The molecule has 1 N–H and O–H groups in total. The second-order valence-corrected chi connectivity index (χ2v) is 4.50. The molecule has 3 heterocycles. The highest BCUT2D eigenvalue weighted by molar-refractivity contribution is 5.65. The van der Waals surface area contributed by atoms with E-state index in [4.69, 9.17) is 0 Å². The van der Waals surface area contributed by atoms with E-state index in [-0.39, 0.29) is 0 Å². The largest absolute Gasteiger partial charge is 0.373 e. The number of aryl methyl sites for hydroxylation is 2. The summed E-state index contributed by atoms with van der Waals surface area (Å²) in [6.45, 7) is 0. The van der Waals surface area contributed by atoms with E-state index in [1.54, 1.807) is 23.4 Å². The number of hydrogen-bond donors (Lipinski definition) is 1. The fourth-order valence-corrected chi connectivity index (χ4v) is 1.96. The molecule has 0 saturated carbocycles. The first kappa shape index (κ1) is 12.3. The number of nitrogens with zero attached hydrogens (tertiary/aromatic N) is 6. The predicted molar refractivity (Wildman–Crippen MR) is 76.0 cm³/mol. The SMILES string of the molecule is CNc1cc(-c2cnn(C)c2)nc(-c2cncn2C)n1. The normalized spacial score (nSPS) is 10.8. The van der Waals surface area contributed by atoms with E-state index in [0.29, 0.717) is 5.82 Å². The molecular formula is C13H15N7. The van der Waals surface area contributed by atoms with Gasteiger partial charge < -0.3 is 9.88 Å². The molecule has 0 bridgehead atoms. The van der Waals surface area contributed by atoms with E-state index in [1.165, 1.54) is 0 Å². The average molecular weight is 269 g/mol. The number of anilines is 1. The van der Waals surface area contributed by atoms with Crippen LogP contribution in [0.2, 0.25) is 0 Å². The molecule has 0 aliphatic heterocycles. The van der Waals surface area contributed by atoms with Crippen LogP contribution in [0, 0.1) is 0 Å². The first-order chi connectivity index (χ1) is 9.67. The van der Waals surface area contributed by atoms with Crippen LogP contribution in [0.4, 0.5) is 5.82 Å². The summed E-state index contributed by atoms with van der Waals surface area (Å²) in [6, 6.07) is 1.90. The molecule has 0 fully saturated rings. The van der Waals surface area contributed by atoms with Crippen molar-refractivity contribution in [2.45, 2.75) is 0 Å². The Balaban J connectivity index is 2.15. The van der Waals surface area contributed by atoms with Gasteiger partial charge in [0.2, 0.25) is 0 Å². The van der Waals surface area contributed by atoms with Crippen LogP contribution in [0.5, 0.6) is 0 Å². The molecule has 7 nitrogen and oxygen atoms in total. The van der Waals surface area contributed by atoms with Gasteiger partial charge in [-0.15, -0.1) is 0 Å². The first-order valence-electron chi connectivity index (χ1n) is 6.20. The minimum Gasteiger partial charge on any atom is -0.373 e. The highest BCUT2D eigenvalue weighted by Crippen LogP contribution is 2.23. The van der Waals surface area contributed by atoms with Gasteiger partial charge in [0.15, 0.2) is 5.82 Å². The number of nitrogens with one attached hydrogen (secondary N) is 1. The summed E-state index contributed by atoms with van der Waals surface area (Å²) in [6.07, 6.45) is 7.19. The van der Waals surface area contributed by atoms with Crippen LogP contribution < -0.4 is 5.32 Å². The fourth-order valence-electron chi connectivity index (χ4n) is 1.96. The Hall–Kier alpha value is -2.70. The zero-order chi connectivity index (χ0) is 14.1. The van der Waals surface area contributed by atoms with Gasteiger partial charge in [0.05, 0.1) is 24.4 Å². The predicted octanol–water partition coefficient (Wildman–Crippen LogP) is 1.32. The molecule has 0 aromatic carbocycles. The van der Waals surface area contributed by atoms with Gasteiger partial charge in [-0.3, -0.25) is 4.68 Å². The Morgan fingerprint density at radius 2 is 2.00 bits per heavy atom. The number of hydrogen-bond acceptors (Lipinski definition) is 5. The molecule has 0 amide bonds. The van der Waals surface area contributed by atoms with Crippen molar-refractivity contribution in [3.63, 3.8) is 0 Å². The molecule has 20 heavy (non-hydrogen) atoms. The Bertz CT molecular complexity index is 741. The van der Waals surface area contributed by atoms with Gasteiger partial charge in [0.1, 0.15) is 11.5 Å². The van der Waals surface area contributed by atoms with E-state index in [1.807, 2.05) is 38.0 Å². The summed E-state index contributed by atoms with van der Waals surface area (Å²) in [5.74, 6) is 1.39. The molecule has 0 radical (unpaired) electrons. The van der Waals surface area contributed by atoms with Gasteiger partial charge in [0, 0.05) is 39.0 Å². The smallest absolute Gasteiger partial charge is 0.180 e. The van der Waals surface area contributed by atoms with Crippen molar-refractivity contribution in [1.82, 2.24) is 29.3 Å². The molecule has 0 aliphatic carbocycles. The Morgan fingerprint density at radius 3 is 2.60 bits per heavy atom. The summed E-state index contributed by atoms with van der Waals surface area (Å²) < 4.78 is 3.64. The van der Waals surface area contributed by atoms with Gasteiger partial charge in [0.25, 0.3) is 0 Å². The molecule has 0 spiro atoms. The molecule has 3 rings (SSSR count). The zero-order valence-corrected chi connectivity index (χ0v) is 11.6. The van der Waals surface area contributed by atoms with Crippen LogP contribution in [0.15, 0.2) is 31.0 Å². The van der Waals surface area contributed by atoms with Crippen molar-refractivity contribution in [3.8, 4) is 22.8 Å². The lowest BCUT2D eigenvalue weighted by molar-refractivity contribution is 0.768. The minimum absolute atomic E-state index is 0.635. The molecular weight excluding hydrogens is 254 g/mol. The van der Waals surface area contributed by atoms with E-state index in [0.717, 1.165) is 22.8 Å². The third-order valence-corrected chi connectivity index (χ3v) is 3.03. The van der Waals surface area contributed by atoms with Crippen molar-refractivity contribution in [2.24, 2.45) is 14.1 Å². The maximum atomic E-state index is 4.60. The second kappa shape index (κ2) is 4.76. The van der Waals surface area contributed by atoms with Crippen molar-refractivity contribution in [1.29, 1.82) is 0 Å². The topological polar surface area (TPSA) is 73.5 Å². The van der Waals surface area contributed by atoms with Crippen LogP contribution in [0.3, 0.4) is 0 Å². The lowest BCUT2D eigenvalue weighted by Gasteiger charge is -2.07. The van der Waals surface area contributed by atoms with Gasteiger partial charge >= 0.3 is 0 Å². The summed E-state index contributed by atoms with van der Waals surface area (Å²) in [7, 11) is 5.63. The molecule has 3 aromatic heterocycles. The van der Waals surface area contributed by atoms with Crippen molar-refractivity contribution >= 4 is 5.82 Å². The molecule has 0 atom stereocenters. The summed E-state index contributed by atoms with van der Waals surface area (Å²) in [5, 5.41) is 7.23. The standard InChI is InChI=1S/C13H15N7/c1-14-12-4-10(9-5-16-20(3)7-9)17-13(18-12)11-6-15-8-19(11)2/h4-8H,1-3H3,(H,14,17,18). The Kier molecular flexibility index (Phi) is 2.94. The van der Waals surface area contributed by atoms with Crippen molar-refractivity contribution in [3.05, 3.63) is 31.0 Å². The van der Waals surface area contributed by atoms with Crippen LogP contribution in [0.1, 0.15) is 0 Å². The number of imidazole rings is 1.